The van der Waals surface area contributed by atoms with Gasteiger partial charge in [0.2, 0.25) is 5.91 Å². The van der Waals surface area contributed by atoms with Gasteiger partial charge in [0.1, 0.15) is 5.15 Å². The van der Waals surface area contributed by atoms with Crippen molar-refractivity contribution in [1.29, 1.82) is 0 Å². The van der Waals surface area contributed by atoms with Gasteiger partial charge in [0.05, 0.1) is 17.8 Å². The monoisotopic (exact) mass is 381 g/mol. The fraction of sp³-hybridized carbons (Fsp3) is 0.722. The van der Waals surface area contributed by atoms with Crippen molar-refractivity contribution in [3.8, 4) is 0 Å². The molecule has 2 aliphatic heterocycles. The van der Waals surface area contributed by atoms with E-state index in [9.17, 15) is 9.59 Å². The van der Waals surface area contributed by atoms with E-state index < -0.39 is 0 Å². The Morgan fingerprint density at radius 2 is 1.85 bits per heavy atom. The van der Waals surface area contributed by atoms with E-state index in [0.29, 0.717) is 55.2 Å². The molecule has 0 N–H and O–H groups in total. The molecule has 0 aliphatic carbocycles. The third-order valence-electron chi connectivity index (χ3n) is 5.51. The summed E-state index contributed by atoms with van der Waals surface area (Å²) in [6.45, 7) is 7.86. The second kappa shape index (κ2) is 7.96. The van der Waals surface area contributed by atoms with Gasteiger partial charge in [-0.05, 0) is 33.1 Å². The van der Waals surface area contributed by atoms with Crippen molar-refractivity contribution < 1.29 is 9.59 Å². The summed E-state index contributed by atoms with van der Waals surface area (Å²) in [6.07, 6.45) is 3.41. The maximum Gasteiger partial charge on any atom is 0.258 e. The van der Waals surface area contributed by atoms with E-state index in [4.69, 9.17) is 11.6 Å². The molecule has 0 saturated carbocycles. The molecule has 2 aliphatic rings. The van der Waals surface area contributed by atoms with Crippen LogP contribution in [0.2, 0.25) is 5.15 Å². The highest BCUT2D eigenvalue weighted by molar-refractivity contribution is 6.33. The maximum absolute atomic E-state index is 12.8. The van der Waals surface area contributed by atoms with Gasteiger partial charge in [-0.15, -0.1) is 0 Å². The Hall–Kier alpha value is -1.60. The number of nitrogens with zero attached hydrogens (tertiary/aromatic N) is 5. The predicted molar refractivity (Wildman–Crippen MR) is 100 cm³/mol. The maximum atomic E-state index is 12.8. The summed E-state index contributed by atoms with van der Waals surface area (Å²) in [5.74, 6) is 0.138. The number of carbonyl (C=O) groups excluding carboxylic acids is 2. The van der Waals surface area contributed by atoms with Crippen LogP contribution in [0.15, 0.2) is 0 Å². The molecule has 1 unspecified atom stereocenters. The number of piperazine rings is 1. The van der Waals surface area contributed by atoms with E-state index in [-0.39, 0.29) is 11.8 Å². The lowest BCUT2D eigenvalue weighted by Crippen LogP contribution is -2.53. The Labute approximate surface area is 159 Å². The molecule has 0 radical (unpaired) electrons. The van der Waals surface area contributed by atoms with Crippen molar-refractivity contribution in [2.24, 2.45) is 7.05 Å². The number of halogens is 1. The Kier molecular flexibility index (Phi) is 5.87. The van der Waals surface area contributed by atoms with Gasteiger partial charge in [0, 0.05) is 45.8 Å². The third kappa shape index (κ3) is 3.88. The van der Waals surface area contributed by atoms with E-state index in [2.05, 4.69) is 16.9 Å². The summed E-state index contributed by atoms with van der Waals surface area (Å²) >= 11 is 6.22. The van der Waals surface area contributed by atoms with Gasteiger partial charge in [-0.1, -0.05) is 11.6 Å². The van der Waals surface area contributed by atoms with Crippen molar-refractivity contribution in [3.63, 3.8) is 0 Å². The fourth-order valence-corrected chi connectivity index (χ4v) is 4.15. The number of likely N-dealkylation sites (tertiary alicyclic amines) is 1. The van der Waals surface area contributed by atoms with Gasteiger partial charge >= 0.3 is 0 Å². The first-order valence-electron chi connectivity index (χ1n) is 9.38. The first kappa shape index (κ1) is 19.2. The largest absolute Gasteiger partial charge is 0.339 e. The molecule has 8 heteroatoms. The summed E-state index contributed by atoms with van der Waals surface area (Å²) in [5.41, 5.74) is 1.14. The second-order valence-electron chi connectivity index (χ2n) is 7.38. The molecule has 2 amide bonds. The van der Waals surface area contributed by atoms with Gasteiger partial charge in [-0.3, -0.25) is 19.2 Å². The predicted octanol–water partition coefficient (Wildman–Crippen LogP) is 1.54. The molecule has 2 saturated heterocycles. The number of hydrogen-bond acceptors (Lipinski definition) is 4. The van der Waals surface area contributed by atoms with Crippen LogP contribution in [0.25, 0.3) is 0 Å². The molecular formula is C18H28ClN5O2. The van der Waals surface area contributed by atoms with E-state index in [0.717, 1.165) is 19.4 Å². The highest BCUT2D eigenvalue weighted by atomic mass is 35.5. The Balaban J connectivity index is 1.54. The molecule has 1 aromatic heterocycles. The number of aromatic nitrogens is 2. The minimum absolute atomic E-state index is 0.0729. The molecule has 0 bridgehead atoms. The number of rotatable bonds is 3. The standard InChI is InChI=1S/C18H28ClN5O2/c1-13-6-4-5-7-24(13)15(25)12-22-8-10-23(11-9-22)18(26)16-14(2)20-21(3)17(16)19/h13H,4-12H2,1-3H3. The quantitative estimate of drug-likeness (QED) is 0.796. The number of aryl methyl sites for hydroxylation is 2. The van der Waals surface area contributed by atoms with E-state index >= 15 is 0 Å². The number of amides is 2. The average Bonchev–Trinajstić information content (AvgIpc) is 2.87. The zero-order valence-electron chi connectivity index (χ0n) is 15.9. The normalized spacial score (nSPS) is 21.9. The van der Waals surface area contributed by atoms with Crippen LogP contribution in [0.1, 0.15) is 42.2 Å². The van der Waals surface area contributed by atoms with Crippen molar-refractivity contribution in [3.05, 3.63) is 16.4 Å². The summed E-state index contributed by atoms with van der Waals surface area (Å²) < 4.78 is 1.53. The molecule has 1 atom stereocenters. The minimum Gasteiger partial charge on any atom is -0.339 e. The van der Waals surface area contributed by atoms with Gasteiger partial charge in [0.15, 0.2) is 0 Å². The van der Waals surface area contributed by atoms with Gasteiger partial charge in [-0.2, -0.15) is 5.10 Å². The second-order valence-corrected chi connectivity index (χ2v) is 7.73. The van der Waals surface area contributed by atoms with Crippen LogP contribution in [0.5, 0.6) is 0 Å². The molecule has 1 aromatic rings. The number of carbonyl (C=O) groups is 2. The van der Waals surface area contributed by atoms with E-state index in [1.54, 1.807) is 18.9 Å². The van der Waals surface area contributed by atoms with Gasteiger partial charge in [0.25, 0.3) is 5.91 Å². The zero-order chi connectivity index (χ0) is 18.8. The molecule has 3 heterocycles. The lowest BCUT2D eigenvalue weighted by molar-refractivity contribution is -0.136. The summed E-state index contributed by atoms with van der Waals surface area (Å²) in [6, 6.07) is 0.342. The Bertz CT molecular complexity index is 681. The van der Waals surface area contributed by atoms with Crippen LogP contribution in [0.4, 0.5) is 0 Å². The lowest BCUT2D eigenvalue weighted by atomic mass is 10.0. The highest BCUT2D eigenvalue weighted by Crippen LogP contribution is 2.21. The lowest BCUT2D eigenvalue weighted by Gasteiger charge is -2.38. The van der Waals surface area contributed by atoms with E-state index in [1.807, 2.05) is 4.90 Å². The fourth-order valence-electron chi connectivity index (χ4n) is 3.89. The Morgan fingerprint density at radius 3 is 2.42 bits per heavy atom. The third-order valence-corrected chi connectivity index (χ3v) is 5.94. The van der Waals surface area contributed by atoms with Crippen LogP contribution in [0.3, 0.4) is 0 Å². The summed E-state index contributed by atoms with van der Waals surface area (Å²) in [7, 11) is 1.73. The van der Waals surface area contributed by atoms with Crippen LogP contribution >= 0.6 is 11.6 Å². The van der Waals surface area contributed by atoms with Crippen molar-refractivity contribution >= 4 is 23.4 Å². The molecule has 0 spiro atoms. The van der Waals surface area contributed by atoms with Crippen LogP contribution in [-0.2, 0) is 11.8 Å². The molecule has 0 aromatic carbocycles. The number of hydrogen-bond donors (Lipinski definition) is 0. The SMILES string of the molecule is Cc1nn(C)c(Cl)c1C(=O)N1CCN(CC(=O)N2CCCCC2C)CC1. The summed E-state index contributed by atoms with van der Waals surface area (Å²) in [4.78, 5) is 31.3. The molecule has 26 heavy (non-hydrogen) atoms. The molecule has 144 valence electrons. The van der Waals surface area contributed by atoms with Gasteiger partial charge < -0.3 is 9.80 Å². The topological polar surface area (TPSA) is 61.7 Å². The highest BCUT2D eigenvalue weighted by Gasteiger charge is 2.29. The zero-order valence-corrected chi connectivity index (χ0v) is 16.6. The van der Waals surface area contributed by atoms with E-state index in [1.165, 1.54) is 11.1 Å². The van der Waals surface area contributed by atoms with Crippen molar-refractivity contribution in [2.75, 3.05) is 39.3 Å². The molecule has 2 fully saturated rings. The minimum atomic E-state index is -0.0729. The number of piperidine rings is 1. The molecular weight excluding hydrogens is 354 g/mol. The van der Waals surface area contributed by atoms with Crippen molar-refractivity contribution in [1.82, 2.24) is 24.5 Å². The first-order chi connectivity index (χ1) is 12.4. The smallest absolute Gasteiger partial charge is 0.258 e. The van der Waals surface area contributed by atoms with Crippen molar-refractivity contribution in [2.45, 2.75) is 39.2 Å². The molecule has 3 rings (SSSR count). The van der Waals surface area contributed by atoms with Crippen LogP contribution in [0, 0.1) is 6.92 Å². The Morgan fingerprint density at radius 1 is 1.15 bits per heavy atom. The molecule has 7 nitrogen and oxygen atoms in total. The summed E-state index contributed by atoms with van der Waals surface area (Å²) in [5, 5.41) is 4.60. The van der Waals surface area contributed by atoms with Crippen LogP contribution in [-0.4, -0.2) is 81.6 Å². The first-order valence-corrected chi connectivity index (χ1v) is 9.76. The van der Waals surface area contributed by atoms with Gasteiger partial charge in [-0.25, -0.2) is 0 Å². The average molecular weight is 382 g/mol. The van der Waals surface area contributed by atoms with Crippen LogP contribution < -0.4 is 0 Å².